The summed E-state index contributed by atoms with van der Waals surface area (Å²) in [5, 5.41) is 4.68. The molecule has 0 N–H and O–H groups in total. The maximum absolute atomic E-state index is 12.7. The van der Waals surface area contributed by atoms with Gasteiger partial charge in [0.2, 0.25) is 5.91 Å². The summed E-state index contributed by atoms with van der Waals surface area (Å²) in [5.74, 6) is 1.02. The molecule has 0 saturated carbocycles. The highest BCUT2D eigenvalue weighted by molar-refractivity contribution is 6.42. The van der Waals surface area contributed by atoms with E-state index in [2.05, 4.69) is 5.16 Å². The second kappa shape index (κ2) is 9.05. The average molecular weight is 440 g/mol. The van der Waals surface area contributed by atoms with Gasteiger partial charge in [0.05, 0.1) is 22.2 Å². The lowest BCUT2D eigenvalue weighted by Crippen LogP contribution is -2.53. The lowest BCUT2D eigenvalue weighted by molar-refractivity contribution is -0.143. The van der Waals surface area contributed by atoms with Gasteiger partial charge in [-0.15, -0.1) is 0 Å². The molecule has 9 heteroatoms. The number of nitrogens with zero attached hydrogens (tertiary/aromatic N) is 3. The minimum Gasteiger partial charge on any atom is -0.481 e. The molecule has 1 aromatic carbocycles. The summed E-state index contributed by atoms with van der Waals surface area (Å²) >= 11 is 11.9. The molecule has 1 aliphatic heterocycles. The van der Waals surface area contributed by atoms with Gasteiger partial charge in [0.15, 0.2) is 6.10 Å². The fourth-order valence-corrected chi connectivity index (χ4v) is 3.54. The molecule has 1 aliphatic rings. The highest BCUT2D eigenvalue weighted by atomic mass is 35.5. The quantitative estimate of drug-likeness (QED) is 0.714. The first-order valence-electron chi connectivity index (χ1n) is 9.36. The molecule has 2 aromatic rings. The molecule has 156 valence electrons. The Morgan fingerprint density at radius 3 is 2.38 bits per heavy atom. The lowest BCUT2D eigenvalue weighted by Gasteiger charge is -2.36. The SMILES string of the molecule is Cc1noc(C)c1CC(=O)N1CCN(C(=O)C(C)Oc2ccc(Cl)c(Cl)c2)CC1. The van der Waals surface area contributed by atoms with E-state index in [-0.39, 0.29) is 18.2 Å². The molecule has 3 rings (SSSR count). The Hall–Kier alpha value is -2.25. The van der Waals surface area contributed by atoms with E-state index in [1.807, 2.05) is 6.92 Å². The molecule has 0 aliphatic carbocycles. The number of aryl methyl sites for hydroxylation is 2. The first kappa shape index (κ1) is 21.5. The van der Waals surface area contributed by atoms with Gasteiger partial charge >= 0.3 is 0 Å². The van der Waals surface area contributed by atoms with E-state index < -0.39 is 6.10 Å². The Bertz CT molecular complexity index is 888. The largest absolute Gasteiger partial charge is 0.481 e. The van der Waals surface area contributed by atoms with E-state index in [1.54, 1.807) is 41.8 Å². The summed E-state index contributed by atoms with van der Waals surface area (Å²) < 4.78 is 10.8. The second-order valence-corrected chi connectivity index (χ2v) is 7.84. The van der Waals surface area contributed by atoms with Crippen molar-refractivity contribution in [2.75, 3.05) is 26.2 Å². The lowest BCUT2D eigenvalue weighted by atomic mass is 10.1. The zero-order valence-corrected chi connectivity index (χ0v) is 18.1. The maximum atomic E-state index is 12.7. The molecule has 7 nitrogen and oxygen atoms in total. The van der Waals surface area contributed by atoms with Crippen LogP contribution in [0.5, 0.6) is 5.75 Å². The number of rotatable bonds is 5. The molecule has 1 aromatic heterocycles. The Morgan fingerprint density at radius 1 is 1.14 bits per heavy atom. The summed E-state index contributed by atoms with van der Waals surface area (Å²) in [6.45, 7) is 7.20. The number of amides is 2. The van der Waals surface area contributed by atoms with Crippen LogP contribution in [-0.2, 0) is 16.0 Å². The van der Waals surface area contributed by atoms with Gasteiger partial charge in [-0.05, 0) is 32.9 Å². The number of ether oxygens (including phenoxy) is 1. The van der Waals surface area contributed by atoms with Gasteiger partial charge in [-0.25, -0.2) is 0 Å². The maximum Gasteiger partial charge on any atom is 0.263 e. The third kappa shape index (κ3) is 5.03. The predicted molar refractivity (Wildman–Crippen MR) is 109 cm³/mol. The Labute approximate surface area is 179 Å². The third-order valence-corrected chi connectivity index (χ3v) is 5.74. The van der Waals surface area contributed by atoms with Gasteiger partial charge < -0.3 is 19.1 Å². The summed E-state index contributed by atoms with van der Waals surface area (Å²) in [6.07, 6.45) is -0.414. The highest BCUT2D eigenvalue weighted by Crippen LogP contribution is 2.27. The van der Waals surface area contributed by atoms with Crippen LogP contribution in [0.4, 0.5) is 0 Å². The molecule has 29 heavy (non-hydrogen) atoms. The number of halogens is 2. The van der Waals surface area contributed by atoms with E-state index in [0.29, 0.717) is 47.7 Å². The summed E-state index contributed by atoms with van der Waals surface area (Å²) in [7, 11) is 0. The number of hydrogen-bond acceptors (Lipinski definition) is 5. The molecule has 0 spiro atoms. The molecule has 0 radical (unpaired) electrons. The number of aromatic nitrogens is 1. The van der Waals surface area contributed by atoms with E-state index in [1.165, 1.54) is 0 Å². The van der Waals surface area contributed by atoms with Gasteiger partial charge in [-0.3, -0.25) is 9.59 Å². The van der Waals surface area contributed by atoms with Crippen molar-refractivity contribution in [2.45, 2.75) is 33.3 Å². The summed E-state index contributed by atoms with van der Waals surface area (Å²) in [4.78, 5) is 28.8. The minimum atomic E-state index is -0.670. The Balaban J connectivity index is 1.52. The van der Waals surface area contributed by atoms with Crippen LogP contribution in [0.15, 0.2) is 22.7 Å². The van der Waals surface area contributed by atoms with Crippen LogP contribution in [0.3, 0.4) is 0 Å². The molecule has 2 heterocycles. The van der Waals surface area contributed by atoms with Crippen molar-refractivity contribution < 1.29 is 18.8 Å². The normalized spacial score (nSPS) is 15.3. The standard InChI is InChI=1S/C20H23Cl2N3O4/c1-12-16(13(2)29-23-12)11-19(26)24-6-8-25(9-7-24)20(27)14(3)28-15-4-5-17(21)18(22)10-15/h4-5,10,14H,6-9,11H2,1-3H3. The molecule has 1 atom stereocenters. The average Bonchev–Trinajstić information content (AvgIpc) is 3.02. The van der Waals surface area contributed by atoms with Crippen molar-refractivity contribution in [3.8, 4) is 5.75 Å². The molecule has 1 unspecified atom stereocenters. The molecular weight excluding hydrogens is 417 g/mol. The minimum absolute atomic E-state index is 0.00611. The van der Waals surface area contributed by atoms with Crippen LogP contribution in [0.25, 0.3) is 0 Å². The van der Waals surface area contributed by atoms with Crippen molar-refractivity contribution in [3.63, 3.8) is 0 Å². The molecular formula is C20H23Cl2N3O4. The first-order chi connectivity index (χ1) is 13.8. The van der Waals surface area contributed by atoms with Crippen molar-refractivity contribution in [2.24, 2.45) is 0 Å². The first-order valence-corrected chi connectivity index (χ1v) is 10.1. The summed E-state index contributed by atoms with van der Waals surface area (Å²) in [5.41, 5.74) is 1.56. The van der Waals surface area contributed by atoms with Crippen LogP contribution in [-0.4, -0.2) is 59.1 Å². The van der Waals surface area contributed by atoms with Crippen LogP contribution < -0.4 is 4.74 Å². The van der Waals surface area contributed by atoms with Crippen molar-refractivity contribution in [1.82, 2.24) is 15.0 Å². The Morgan fingerprint density at radius 2 is 1.79 bits per heavy atom. The third-order valence-electron chi connectivity index (χ3n) is 5.00. The van der Waals surface area contributed by atoms with Gasteiger partial charge in [-0.1, -0.05) is 28.4 Å². The predicted octanol–water partition coefficient (Wildman–Crippen LogP) is 3.28. The fraction of sp³-hybridized carbons (Fsp3) is 0.450. The number of carbonyl (C=O) groups is 2. The fourth-order valence-electron chi connectivity index (χ4n) is 3.26. The number of benzene rings is 1. The van der Waals surface area contributed by atoms with Crippen LogP contribution in [0.2, 0.25) is 10.0 Å². The zero-order valence-electron chi connectivity index (χ0n) is 16.6. The topological polar surface area (TPSA) is 75.9 Å². The van der Waals surface area contributed by atoms with Gasteiger partial charge in [0.25, 0.3) is 5.91 Å². The monoisotopic (exact) mass is 439 g/mol. The molecule has 1 fully saturated rings. The van der Waals surface area contributed by atoms with Crippen LogP contribution in [0, 0.1) is 13.8 Å². The van der Waals surface area contributed by atoms with Gasteiger partial charge in [0.1, 0.15) is 11.5 Å². The van der Waals surface area contributed by atoms with Gasteiger partial charge in [-0.2, -0.15) is 0 Å². The van der Waals surface area contributed by atoms with E-state index >= 15 is 0 Å². The second-order valence-electron chi connectivity index (χ2n) is 7.02. The smallest absolute Gasteiger partial charge is 0.263 e. The number of piperazine rings is 1. The van der Waals surface area contributed by atoms with Crippen LogP contribution >= 0.6 is 23.2 Å². The Kier molecular flexibility index (Phi) is 6.70. The van der Waals surface area contributed by atoms with Crippen molar-refractivity contribution in [3.05, 3.63) is 45.3 Å². The summed E-state index contributed by atoms with van der Waals surface area (Å²) in [6, 6.07) is 4.88. The van der Waals surface area contributed by atoms with Gasteiger partial charge in [0, 0.05) is 37.8 Å². The molecule has 1 saturated heterocycles. The number of hydrogen-bond donors (Lipinski definition) is 0. The highest BCUT2D eigenvalue weighted by Gasteiger charge is 2.28. The van der Waals surface area contributed by atoms with Crippen molar-refractivity contribution in [1.29, 1.82) is 0 Å². The van der Waals surface area contributed by atoms with E-state index in [0.717, 1.165) is 11.3 Å². The van der Waals surface area contributed by atoms with Crippen molar-refractivity contribution >= 4 is 35.0 Å². The number of carbonyl (C=O) groups excluding carboxylic acids is 2. The molecule has 2 amide bonds. The molecule has 0 bridgehead atoms. The zero-order chi connectivity index (χ0) is 21.1. The van der Waals surface area contributed by atoms with Crippen LogP contribution in [0.1, 0.15) is 23.9 Å². The van der Waals surface area contributed by atoms with E-state index in [4.69, 9.17) is 32.5 Å². The van der Waals surface area contributed by atoms with E-state index in [9.17, 15) is 9.59 Å².